The molecule has 9 aromatic carbocycles. The average molecular weight is 842 g/mol. The van der Waals surface area contributed by atoms with Gasteiger partial charge in [-0.05, 0) is 153 Å². The molecule has 12 aromatic rings. The number of nitrogens with zero attached hydrogens (tertiary/aromatic N) is 3. The third kappa shape index (κ3) is 5.58. The second kappa shape index (κ2) is 14.1. The van der Waals surface area contributed by atoms with E-state index in [1.807, 2.05) is 17.9 Å². The lowest BCUT2D eigenvalue weighted by molar-refractivity contribution is 1.33. The van der Waals surface area contributed by atoms with Crippen LogP contribution in [-0.2, 0) is 0 Å². The van der Waals surface area contributed by atoms with Crippen molar-refractivity contribution in [2.24, 2.45) is 0 Å². The summed E-state index contributed by atoms with van der Waals surface area (Å²) in [5.74, 6) is 0. The van der Waals surface area contributed by atoms with Gasteiger partial charge in [0.15, 0.2) is 0 Å². The average Bonchev–Trinajstić information content (AvgIpc) is 4.08. The second-order valence-electron chi connectivity index (χ2n) is 17.1. The van der Waals surface area contributed by atoms with Crippen LogP contribution in [0.3, 0.4) is 0 Å². The number of rotatable bonds is 6. The fraction of sp³-hybridized carbons (Fsp3) is 0. The molecule has 0 radical (unpaired) electrons. The van der Waals surface area contributed by atoms with Gasteiger partial charge in [0.2, 0.25) is 0 Å². The van der Waals surface area contributed by atoms with Crippen molar-refractivity contribution >= 4 is 43.1 Å². The molecule has 0 saturated carbocycles. The van der Waals surface area contributed by atoms with Gasteiger partial charge < -0.3 is 0 Å². The summed E-state index contributed by atoms with van der Waals surface area (Å²) in [7, 11) is 0. The minimum absolute atomic E-state index is 0.957. The summed E-state index contributed by atoms with van der Waals surface area (Å²) in [6.07, 6.45) is 3.86. The van der Waals surface area contributed by atoms with Crippen LogP contribution in [0.1, 0.15) is 0 Å². The van der Waals surface area contributed by atoms with E-state index in [2.05, 4.69) is 199 Å². The standard InChI is InChI=1S/C61H35N3S/c1-2-7-36(8-3-1)40-28-30-63-57(33-40)46-23-25-52-54-31-42(19-21-45(54)48-11-5-12-49(46)60(48)52)56-32-39(27-29-62-56)37-15-17-38(18-16-37)44-9-4-13-50-51-24-22-43(41-20-26-55-58(34-41)65-35-64-55)47-10-6-14-53(59(44)50)61(47)51/h1-35H. The molecule has 3 heterocycles. The van der Waals surface area contributed by atoms with Crippen LogP contribution >= 0.6 is 11.3 Å². The van der Waals surface area contributed by atoms with Gasteiger partial charge in [-0.3, -0.25) is 9.97 Å². The topological polar surface area (TPSA) is 38.7 Å². The van der Waals surface area contributed by atoms with Crippen LogP contribution < -0.4 is 0 Å². The summed E-state index contributed by atoms with van der Waals surface area (Å²) in [5.41, 5.74) is 27.0. The van der Waals surface area contributed by atoms with Gasteiger partial charge in [0.1, 0.15) is 0 Å². The Balaban J connectivity index is 0.784. The lowest BCUT2D eigenvalue weighted by Crippen LogP contribution is -1.88. The van der Waals surface area contributed by atoms with Gasteiger partial charge >= 0.3 is 0 Å². The van der Waals surface area contributed by atoms with Crippen molar-refractivity contribution in [3.63, 3.8) is 0 Å². The summed E-state index contributed by atoms with van der Waals surface area (Å²) in [4.78, 5) is 14.3. The van der Waals surface area contributed by atoms with Crippen LogP contribution in [0.25, 0.3) is 143 Å². The quantitative estimate of drug-likeness (QED) is 0.167. The fourth-order valence-electron chi connectivity index (χ4n) is 10.7. The molecule has 0 unspecified atom stereocenters. The molecule has 4 heteroatoms. The summed E-state index contributed by atoms with van der Waals surface area (Å²) in [6.45, 7) is 0. The lowest BCUT2D eigenvalue weighted by atomic mass is 9.92. The molecule has 14 rings (SSSR count). The number of fused-ring (bicyclic) bond motifs is 7. The van der Waals surface area contributed by atoms with Crippen molar-refractivity contribution in [2.45, 2.75) is 0 Å². The summed E-state index contributed by atoms with van der Waals surface area (Å²) >= 11 is 1.69. The van der Waals surface area contributed by atoms with Gasteiger partial charge in [0.25, 0.3) is 0 Å². The number of hydrogen-bond donors (Lipinski definition) is 0. The number of pyridine rings is 2. The number of thiazole rings is 1. The molecular formula is C61H35N3S. The molecule has 0 atom stereocenters. The third-order valence-corrected chi connectivity index (χ3v) is 14.5. The van der Waals surface area contributed by atoms with E-state index in [0.717, 1.165) is 44.7 Å². The Morgan fingerprint density at radius 2 is 0.877 bits per heavy atom. The van der Waals surface area contributed by atoms with Crippen LogP contribution in [0.15, 0.2) is 212 Å². The van der Waals surface area contributed by atoms with E-state index in [4.69, 9.17) is 9.97 Å². The van der Waals surface area contributed by atoms with Gasteiger partial charge in [-0.1, -0.05) is 152 Å². The van der Waals surface area contributed by atoms with Gasteiger partial charge in [0.05, 0.1) is 27.1 Å². The highest BCUT2D eigenvalue weighted by Crippen LogP contribution is 2.53. The zero-order valence-corrected chi connectivity index (χ0v) is 35.8. The fourth-order valence-corrected chi connectivity index (χ4v) is 11.4. The molecule has 2 aliphatic rings. The first-order chi connectivity index (χ1) is 32.2. The molecule has 0 saturated heterocycles. The van der Waals surface area contributed by atoms with Crippen molar-refractivity contribution in [2.75, 3.05) is 0 Å². The Kier molecular flexibility index (Phi) is 7.85. The number of benzene rings is 9. The van der Waals surface area contributed by atoms with Crippen molar-refractivity contribution in [1.29, 1.82) is 0 Å². The minimum Gasteiger partial charge on any atom is -0.256 e. The maximum absolute atomic E-state index is 4.91. The number of hydrogen-bond acceptors (Lipinski definition) is 4. The lowest BCUT2D eigenvalue weighted by Gasteiger charge is -2.12. The van der Waals surface area contributed by atoms with Crippen molar-refractivity contribution in [3.05, 3.63) is 212 Å². The van der Waals surface area contributed by atoms with Crippen LogP contribution in [-0.4, -0.2) is 15.0 Å². The molecule has 300 valence electrons. The van der Waals surface area contributed by atoms with Crippen LogP contribution in [0.4, 0.5) is 0 Å². The highest BCUT2D eigenvalue weighted by atomic mass is 32.1. The normalized spacial score (nSPS) is 12.0. The molecular weight excluding hydrogens is 807 g/mol. The van der Waals surface area contributed by atoms with Crippen LogP contribution in [0, 0.1) is 0 Å². The van der Waals surface area contributed by atoms with E-state index in [-0.39, 0.29) is 0 Å². The summed E-state index contributed by atoms with van der Waals surface area (Å²) in [5, 5.41) is 5.12. The second-order valence-corrected chi connectivity index (χ2v) is 18.0. The number of aromatic nitrogens is 3. The Bertz CT molecular complexity index is 3940. The Labute approximate surface area is 379 Å². The third-order valence-electron chi connectivity index (χ3n) is 13.7. The molecule has 3 aromatic heterocycles. The Morgan fingerprint density at radius 3 is 1.72 bits per heavy atom. The molecule has 0 bridgehead atoms. The SMILES string of the molecule is c1ccc(-c2ccnc(-c3ccc4c5c(cccc35)-c3ccc(-c5cc(-c6ccc(-c7cccc8c7-c7cccc9c(-c%10ccc%11ncsc%11c%10)ccc-8c79)cc6)ccn5)cc3-4)c2)cc1. The van der Waals surface area contributed by atoms with E-state index in [9.17, 15) is 0 Å². The molecule has 65 heavy (non-hydrogen) atoms. The smallest absolute Gasteiger partial charge is 0.0812 e. The van der Waals surface area contributed by atoms with Crippen molar-refractivity contribution in [1.82, 2.24) is 15.0 Å². The van der Waals surface area contributed by atoms with E-state index < -0.39 is 0 Å². The van der Waals surface area contributed by atoms with Crippen LogP contribution in [0.2, 0.25) is 0 Å². The molecule has 0 amide bonds. The first-order valence-electron chi connectivity index (χ1n) is 22.0. The monoisotopic (exact) mass is 841 g/mol. The predicted molar refractivity (Wildman–Crippen MR) is 272 cm³/mol. The molecule has 0 spiro atoms. The highest BCUT2D eigenvalue weighted by Gasteiger charge is 2.27. The Hall–Kier alpha value is -8.31. The van der Waals surface area contributed by atoms with Gasteiger partial charge in [-0.15, -0.1) is 11.3 Å². The zero-order chi connectivity index (χ0) is 42.6. The molecule has 0 aliphatic heterocycles. The summed E-state index contributed by atoms with van der Waals surface area (Å²) < 4.78 is 1.21. The van der Waals surface area contributed by atoms with E-state index in [1.54, 1.807) is 11.3 Å². The maximum atomic E-state index is 4.91. The van der Waals surface area contributed by atoms with Crippen molar-refractivity contribution in [3.8, 4) is 112 Å². The molecule has 2 aliphatic carbocycles. The zero-order valence-electron chi connectivity index (χ0n) is 35.0. The van der Waals surface area contributed by atoms with E-state index in [1.165, 1.54) is 98.6 Å². The minimum atomic E-state index is 0.957. The molecule has 0 fully saturated rings. The molecule has 0 N–H and O–H groups in total. The maximum Gasteiger partial charge on any atom is 0.0812 e. The Morgan fingerprint density at radius 1 is 0.292 bits per heavy atom. The van der Waals surface area contributed by atoms with Crippen LogP contribution in [0.5, 0.6) is 0 Å². The van der Waals surface area contributed by atoms with Gasteiger partial charge in [-0.2, -0.15) is 0 Å². The highest BCUT2D eigenvalue weighted by molar-refractivity contribution is 7.16. The largest absolute Gasteiger partial charge is 0.256 e. The van der Waals surface area contributed by atoms with Gasteiger partial charge in [-0.25, -0.2) is 4.98 Å². The molecule has 3 nitrogen and oxygen atoms in total. The summed E-state index contributed by atoms with van der Waals surface area (Å²) in [6, 6.07) is 71.0. The van der Waals surface area contributed by atoms with Crippen molar-refractivity contribution < 1.29 is 0 Å². The van der Waals surface area contributed by atoms with E-state index in [0.29, 0.717) is 0 Å². The first kappa shape index (κ1) is 36.2. The first-order valence-corrected chi connectivity index (χ1v) is 22.9. The predicted octanol–water partition coefficient (Wildman–Crippen LogP) is 16.7. The van der Waals surface area contributed by atoms with Gasteiger partial charge in [0, 0.05) is 23.5 Å². The van der Waals surface area contributed by atoms with E-state index >= 15 is 0 Å².